The lowest BCUT2D eigenvalue weighted by atomic mass is 10.0. The van der Waals surface area contributed by atoms with Crippen LogP contribution in [0, 0.1) is 0 Å². The second kappa shape index (κ2) is 6.01. The minimum atomic E-state index is -1.32. The van der Waals surface area contributed by atoms with Gasteiger partial charge in [0.05, 0.1) is 0 Å². The van der Waals surface area contributed by atoms with E-state index in [1.807, 2.05) is 24.3 Å². The summed E-state index contributed by atoms with van der Waals surface area (Å²) in [5.74, 6) is -0.603. The summed E-state index contributed by atoms with van der Waals surface area (Å²) in [6.07, 6.45) is 2.24. The molecule has 2 rings (SSSR count). The molecule has 1 aromatic carbocycles. The third-order valence-corrected chi connectivity index (χ3v) is 2.70. The molecule has 0 aliphatic rings. The number of carboxylic acids is 1. The second-order valence-electron chi connectivity index (χ2n) is 4.05. The number of rotatable bonds is 5. The Kier molecular flexibility index (Phi) is 4.15. The van der Waals surface area contributed by atoms with Crippen LogP contribution in [-0.2, 0) is 11.2 Å². The van der Waals surface area contributed by atoms with E-state index >= 15 is 0 Å². The van der Waals surface area contributed by atoms with Crippen molar-refractivity contribution in [3.8, 4) is 11.4 Å². The van der Waals surface area contributed by atoms with Gasteiger partial charge in [0.1, 0.15) is 12.7 Å². The van der Waals surface area contributed by atoms with Crippen LogP contribution in [0.15, 0.2) is 36.9 Å². The largest absolute Gasteiger partial charge is 0.479 e. The molecule has 0 aliphatic carbocycles. The van der Waals surface area contributed by atoms with Crippen molar-refractivity contribution in [2.45, 2.75) is 18.9 Å². The molecule has 0 spiro atoms. The SMILES string of the molecule is O=C(O)C(O)CCc1ccc(-c2ncncn2)cc1. The molecule has 2 aromatic rings. The van der Waals surface area contributed by atoms with Crippen LogP contribution >= 0.6 is 0 Å². The van der Waals surface area contributed by atoms with E-state index in [0.29, 0.717) is 12.2 Å². The minimum Gasteiger partial charge on any atom is -0.479 e. The van der Waals surface area contributed by atoms with E-state index in [1.54, 1.807) is 0 Å². The molecule has 0 saturated carbocycles. The van der Waals surface area contributed by atoms with Gasteiger partial charge < -0.3 is 10.2 Å². The number of carbonyl (C=O) groups is 1. The van der Waals surface area contributed by atoms with Crippen LogP contribution in [0.25, 0.3) is 11.4 Å². The van der Waals surface area contributed by atoms with E-state index in [4.69, 9.17) is 5.11 Å². The summed E-state index contributed by atoms with van der Waals surface area (Å²) >= 11 is 0. The zero-order valence-corrected chi connectivity index (χ0v) is 10.1. The van der Waals surface area contributed by atoms with Gasteiger partial charge in [-0.25, -0.2) is 19.7 Å². The van der Waals surface area contributed by atoms with Gasteiger partial charge in [-0.2, -0.15) is 0 Å². The van der Waals surface area contributed by atoms with Crippen LogP contribution in [-0.4, -0.2) is 37.2 Å². The van der Waals surface area contributed by atoms with E-state index in [1.165, 1.54) is 12.7 Å². The minimum absolute atomic E-state index is 0.195. The summed E-state index contributed by atoms with van der Waals surface area (Å²) in [4.78, 5) is 22.3. The van der Waals surface area contributed by atoms with Crippen molar-refractivity contribution in [1.29, 1.82) is 0 Å². The number of benzene rings is 1. The van der Waals surface area contributed by atoms with E-state index in [0.717, 1.165) is 11.1 Å². The molecular weight excluding hydrogens is 246 g/mol. The predicted octanol–water partition coefficient (Wildman–Crippen LogP) is 0.917. The first-order valence-corrected chi connectivity index (χ1v) is 5.79. The van der Waals surface area contributed by atoms with Gasteiger partial charge in [-0.05, 0) is 18.4 Å². The highest BCUT2D eigenvalue weighted by Crippen LogP contribution is 2.15. The molecule has 6 nitrogen and oxygen atoms in total. The third kappa shape index (κ3) is 3.56. The number of carboxylic acid groups (broad SMARTS) is 1. The normalized spacial score (nSPS) is 12.1. The summed E-state index contributed by atoms with van der Waals surface area (Å²) in [7, 11) is 0. The van der Waals surface area contributed by atoms with E-state index < -0.39 is 12.1 Å². The number of aryl methyl sites for hydroxylation is 1. The molecule has 98 valence electrons. The number of hydrogen-bond acceptors (Lipinski definition) is 5. The fourth-order valence-electron chi connectivity index (χ4n) is 1.64. The van der Waals surface area contributed by atoms with Crippen molar-refractivity contribution in [1.82, 2.24) is 15.0 Å². The van der Waals surface area contributed by atoms with Crippen molar-refractivity contribution in [2.75, 3.05) is 0 Å². The number of aromatic nitrogens is 3. The maximum absolute atomic E-state index is 10.5. The van der Waals surface area contributed by atoms with Crippen LogP contribution in [0.5, 0.6) is 0 Å². The van der Waals surface area contributed by atoms with Crippen LogP contribution < -0.4 is 0 Å². The predicted molar refractivity (Wildman–Crippen MR) is 67.2 cm³/mol. The average molecular weight is 259 g/mol. The third-order valence-electron chi connectivity index (χ3n) is 2.70. The molecule has 0 saturated heterocycles. The highest BCUT2D eigenvalue weighted by atomic mass is 16.4. The smallest absolute Gasteiger partial charge is 0.332 e. The van der Waals surface area contributed by atoms with Crippen molar-refractivity contribution >= 4 is 5.97 Å². The Morgan fingerprint density at radius 3 is 2.37 bits per heavy atom. The van der Waals surface area contributed by atoms with Gasteiger partial charge >= 0.3 is 5.97 Å². The topological polar surface area (TPSA) is 96.2 Å². The van der Waals surface area contributed by atoms with Crippen LogP contribution in [0.1, 0.15) is 12.0 Å². The number of aliphatic hydroxyl groups is 1. The van der Waals surface area contributed by atoms with Crippen LogP contribution in [0.2, 0.25) is 0 Å². The molecular formula is C13H13N3O3. The molecule has 0 radical (unpaired) electrons. The van der Waals surface area contributed by atoms with Crippen LogP contribution in [0.3, 0.4) is 0 Å². The Hall–Kier alpha value is -2.34. The zero-order chi connectivity index (χ0) is 13.7. The maximum Gasteiger partial charge on any atom is 0.332 e. The quantitative estimate of drug-likeness (QED) is 0.828. The standard InChI is InChI=1S/C13H13N3O3/c17-11(13(18)19)6-3-9-1-4-10(5-2-9)12-15-7-14-8-16-12/h1-2,4-5,7-8,11,17H,3,6H2,(H,18,19). The van der Waals surface area contributed by atoms with E-state index in [2.05, 4.69) is 15.0 Å². The van der Waals surface area contributed by atoms with Gasteiger partial charge in [-0.15, -0.1) is 0 Å². The lowest BCUT2D eigenvalue weighted by Crippen LogP contribution is -2.19. The molecule has 1 heterocycles. The molecule has 19 heavy (non-hydrogen) atoms. The Balaban J connectivity index is 2.01. The molecule has 1 atom stereocenters. The Morgan fingerprint density at radius 1 is 1.16 bits per heavy atom. The summed E-state index contributed by atoms with van der Waals surface area (Å²) in [5, 5.41) is 17.8. The first-order chi connectivity index (χ1) is 9.16. The molecule has 2 N–H and O–H groups in total. The van der Waals surface area contributed by atoms with Crippen molar-refractivity contribution in [2.24, 2.45) is 0 Å². The number of nitrogens with zero attached hydrogens (tertiary/aromatic N) is 3. The molecule has 6 heteroatoms. The molecule has 0 aliphatic heterocycles. The molecule has 0 fully saturated rings. The van der Waals surface area contributed by atoms with Gasteiger partial charge in [0, 0.05) is 5.56 Å². The summed E-state index contributed by atoms with van der Waals surface area (Å²) < 4.78 is 0. The van der Waals surface area contributed by atoms with Crippen molar-refractivity contribution in [3.05, 3.63) is 42.5 Å². The lowest BCUT2D eigenvalue weighted by molar-refractivity contribution is -0.146. The Labute approximate surface area is 109 Å². The molecule has 0 bridgehead atoms. The van der Waals surface area contributed by atoms with Gasteiger partial charge in [0.15, 0.2) is 11.9 Å². The van der Waals surface area contributed by atoms with Gasteiger partial charge in [0.2, 0.25) is 0 Å². The fourth-order valence-corrected chi connectivity index (χ4v) is 1.64. The fraction of sp³-hybridized carbons (Fsp3) is 0.231. The van der Waals surface area contributed by atoms with Gasteiger partial charge in [-0.1, -0.05) is 24.3 Å². The van der Waals surface area contributed by atoms with E-state index in [9.17, 15) is 9.90 Å². The Bertz CT molecular complexity index is 543. The zero-order valence-electron chi connectivity index (χ0n) is 10.1. The maximum atomic E-state index is 10.5. The highest BCUT2D eigenvalue weighted by molar-refractivity contribution is 5.71. The molecule has 1 aromatic heterocycles. The summed E-state index contributed by atoms with van der Waals surface area (Å²) in [6, 6.07) is 7.46. The van der Waals surface area contributed by atoms with Crippen molar-refractivity contribution < 1.29 is 15.0 Å². The van der Waals surface area contributed by atoms with Gasteiger partial charge in [-0.3, -0.25) is 0 Å². The first kappa shape index (κ1) is 13.1. The number of aliphatic carboxylic acids is 1. The lowest BCUT2D eigenvalue weighted by Gasteiger charge is -2.06. The monoisotopic (exact) mass is 259 g/mol. The van der Waals surface area contributed by atoms with Gasteiger partial charge in [0.25, 0.3) is 0 Å². The van der Waals surface area contributed by atoms with Crippen LogP contribution in [0.4, 0.5) is 0 Å². The second-order valence-corrected chi connectivity index (χ2v) is 4.05. The first-order valence-electron chi connectivity index (χ1n) is 5.79. The number of hydrogen-bond donors (Lipinski definition) is 2. The summed E-state index contributed by atoms with van der Waals surface area (Å²) in [5.41, 5.74) is 1.82. The molecule has 1 unspecified atom stereocenters. The van der Waals surface area contributed by atoms with Crippen molar-refractivity contribution in [3.63, 3.8) is 0 Å². The molecule has 0 amide bonds. The van der Waals surface area contributed by atoms with E-state index in [-0.39, 0.29) is 6.42 Å². The summed E-state index contributed by atoms with van der Waals surface area (Å²) in [6.45, 7) is 0. The highest BCUT2D eigenvalue weighted by Gasteiger charge is 2.12. The Morgan fingerprint density at radius 2 is 1.79 bits per heavy atom. The average Bonchev–Trinajstić information content (AvgIpc) is 2.46. The number of aliphatic hydroxyl groups excluding tert-OH is 1.